The Bertz CT molecular complexity index is 723. The van der Waals surface area contributed by atoms with Crippen molar-refractivity contribution < 1.29 is 8.42 Å². The highest BCUT2D eigenvalue weighted by molar-refractivity contribution is 7.91. The van der Waals surface area contributed by atoms with Crippen molar-refractivity contribution in [3.05, 3.63) is 36.0 Å². The SMILES string of the molecule is CCS(=O)(=O)CCCn1ccc2cc(C#N)ccc21. The minimum Gasteiger partial charge on any atom is -0.347 e. The summed E-state index contributed by atoms with van der Waals surface area (Å²) in [5.74, 6) is 0.421. The second-order valence-electron chi connectivity index (χ2n) is 4.48. The van der Waals surface area contributed by atoms with Crippen LogP contribution in [0.1, 0.15) is 18.9 Å². The van der Waals surface area contributed by atoms with E-state index in [-0.39, 0.29) is 11.5 Å². The van der Waals surface area contributed by atoms with Crippen LogP contribution in [0.3, 0.4) is 0 Å². The summed E-state index contributed by atoms with van der Waals surface area (Å²) < 4.78 is 24.9. The second-order valence-corrected chi connectivity index (χ2v) is 6.96. The summed E-state index contributed by atoms with van der Waals surface area (Å²) in [6.07, 6.45) is 2.55. The molecule has 1 heterocycles. The van der Waals surface area contributed by atoms with E-state index >= 15 is 0 Å². The van der Waals surface area contributed by atoms with E-state index in [1.807, 2.05) is 29.0 Å². The van der Waals surface area contributed by atoms with Crippen molar-refractivity contribution in [2.45, 2.75) is 19.9 Å². The second kappa shape index (κ2) is 5.45. The average Bonchev–Trinajstić information content (AvgIpc) is 2.81. The van der Waals surface area contributed by atoms with Crippen LogP contribution in [0.25, 0.3) is 10.9 Å². The quantitative estimate of drug-likeness (QED) is 0.842. The topological polar surface area (TPSA) is 62.9 Å². The van der Waals surface area contributed by atoms with E-state index in [1.54, 1.807) is 13.0 Å². The van der Waals surface area contributed by atoms with Gasteiger partial charge in [-0.3, -0.25) is 0 Å². The third-order valence-corrected chi connectivity index (χ3v) is 4.98. The summed E-state index contributed by atoms with van der Waals surface area (Å²) in [6.45, 7) is 2.35. The number of fused-ring (bicyclic) bond motifs is 1. The average molecular weight is 276 g/mol. The van der Waals surface area contributed by atoms with E-state index in [2.05, 4.69) is 6.07 Å². The molecule has 0 aliphatic heterocycles. The monoisotopic (exact) mass is 276 g/mol. The molecule has 0 radical (unpaired) electrons. The highest BCUT2D eigenvalue weighted by atomic mass is 32.2. The number of hydrogen-bond acceptors (Lipinski definition) is 3. The molecule has 0 fully saturated rings. The van der Waals surface area contributed by atoms with Crippen LogP contribution in [0, 0.1) is 11.3 Å². The zero-order valence-electron chi connectivity index (χ0n) is 10.8. The molecule has 2 aromatic rings. The van der Waals surface area contributed by atoms with E-state index in [4.69, 9.17) is 5.26 Å². The molecule has 0 aliphatic carbocycles. The number of rotatable bonds is 5. The van der Waals surface area contributed by atoms with Crippen molar-refractivity contribution in [1.29, 1.82) is 5.26 Å². The van der Waals surface area contributed by atoms with Gasteiger partial charge in [0.1, 0.15) is 9.84 Å². The van der Waals surface area contributed by atoms with Crippen LogP contribution in [0.15, 0.2) is 30.5 Å². The first kappa shape index (κ1) is 13.6. The molecule has 0 atom stereocenters. The standard InChI is InChI=1S/C14H16N2O2S/c1-2-19(17,18)9-3-7-16-8-6-13-10-12(11-15)4-5-14(13)16/h4-6,8,10H,2-3,7,9H2,1H3. The number of nitrogens with zero attached hydrogens (tertiary/aromatic N) is 2. The molecule has 2 rings (SSSR count). The first-order valence-corrected chi connectivity index (χ1v) is 8.07. The van der Waals surface area contributed by atoms with Crippen LogP contribution in [0.2, 0.25) is 0 Å². The van der Waals surface area contributed by atoms with Crippen molar-refractivity contribution in [1.82, 2.24) is 4.57 Å². The van der Waals surface area contributed by atoms with Gasteiger partial charge in [0, 0.05) is 29.4 Å². The Morgan fingerprint density at radius 1 is 1.32 bits per heavy atom. The fourth-order valence-electron chi connectivity index (χ4n) is 2.06. The van der Waals surface area contributed by atoms with Gasteiger partial charge in [-0.05, 0) is 30.7 Å². The van der Waals surface area contributed by atoms with Gasteiger partial charge in [0.2, 0.25) is 0 Å². The summed E-state index contributed by atoms with van der Waals surface area (Å²) >= 11 is 0. The van der Waals surface area contributed by atoms with Crippen molar-refractivity contribution in [2.75, 3.05) is 11.5 Å². The molecule has 4 nitrogen and oxygen atoms in total. The maximum atomic E-state index is 11.4. The smallest absolute Gasteiger partial charge is 0.150 e. The van der Waals surface area contributed by atoms with E-state index in [0.717, 1.165) is 10.9 Å². The van der Waals surface area contributed by atoms with E-state index < -0.39 is 9.84 Å². The summed E-state index contributed by atoms with van der Waals surface area (Å²) in [5.41, 5.74) is 1.67. The molecule has 0 saturated carbocycles. The minimum atomic E-state index is -2.89. The largest absolute Gasteiger partial charge is 0.347 e. The number of aromatic nitrogens is 1. The highest BCUT2D eigenvalue weighted by Gasteiger charge is 2.08. The van der Waals surface area contributed by atoms with Gasteiger partial charge < -0.3 is 4.57 Å². The van der Waals surface area contributed by atoms with Gasteiger partial charge in [-0.15, -0.1) is 0 Å². The molecule has 0 N–H and O–H groups in total. The Morgan fingerprint density at radius 3 is 2.79 bits per heavy atom. The predicted octanol–water partition coefficient (Wildman–Crippen LogP) is 2.34. The van der Waals surface area contributed by atoms with Crippen LogP contribution in [0.4, 0.5) is 0 Å². The molecule has 0 saturated heterocycles. The van der Waals surface area contributed by atoms with Gasteiger partial charge in [0.05, 0.1) is 17.4 Å². The molecule has 100 valence electrons. The van der Waals surface area contributed by atoms with Gasteiger partial charge in [0.15, 0.2) is 0 Å². The highest BCUT2D eigenvalue weighted by Crippen LogP contribution is 2.17. The molecule has 0 spiro atoms. The lowest BCUT2D eigenvalue weighted by Crippen LogP contribution is -2.10. The van der Waals surface area contributed by atoms with Gasteiger partial charge in [-0.25, -0.2) is 8.42 Å². The molecule has 1 aromatic heterocycles. The molecule has 19 heavy (non-hydrogen) atoms. The zero-order chi connectivity index (χ0) is 13.9. The number of hydrogen-bond donors (Lipinski definition) is 0. The molecule has 0 amide bonds. The van der Waals surface area contributed by atoms with Gasteiger partial charge in [-0.1, -0.05) is 6.92 Å². The molecule has 0 unspecified atom stereocenters. The van der Waals surface area contributed by atoms with Gasteiger partial charge in [0.25, 0.3) is 0 Å². The summed E-state index contributed by atoms with van der Waals surface area (Å²) in [5, 5.41) is 9.85. The number of aryl methyl sites for hydroxylation is 1. The van der Waals surface area contributed by atoms with Gasteiger partial charge >= 0.3 is 0 Å². The molecule has 5 heteroatoms. The van der Waals surface area contributed by atoms with E-state index in [0.29, 0.717) is 18.5 Å². The Labute approximate surface area is 113 Å². The Kier molecular flexibility index (Phi) is 3.91. The third-order valence-electron chi connectivity index (χ3n) is 3.19. The summed E-state index contributed by atoms with van der Waals surface area (Å²) in [6, 6.07) is 9.59. The van der Waals surface area contributed by atoms with Crippen molar-refractivity contribution in [3.63, 3.8) is 0 Å². The Hall–Kier alpha value is -1.80. The van der Waals surface area contributed by atoms with Crippen molar-refractivity contribution in [3.8, 4) is 6.07 Å². The van der Waals surface area contributed by atoms with Crippen LogP contribution < -0.4 is 0 Å². The summed E-state index contributed by atoms with van der Waals surface area (Å²) in [4.78, 5) is 0. The Morgan fingerprint density at radius 2 is 2.11 bits per heavy atom. The normalized spacial score (nSPS) is 11.6. The van der Waals surface area contributed by atoms with Crippen LogP contribution in [-0.2, 0) is 16.4 Å². The zero-order valence-corrected chi connectivity index (χ0v) is 11.7. The van der Waals surface area contributed by atoms with Crippen LogP contribution in [0.5, 0.6) is 0 Å². The molecule has 0 bridgehead atoms. The maximum absolute atomic E-state index is 11.4. The first-order chi connectivity index (χ1) is 9.05. The van der Waals surface area contributed by atoms with E-state index in [1.165, 1.54) is 0 Å². The lowest BCUT2D eigenvalue weighted by molar-refractivity contribution is 0.589. The van der Waals surface area contributed by atoms with Crippen molar-refractivity contribution >= 4 is 20.7 Å². The molecular formula is C14H16N2O2S. The molecular weight excluding hydrogens is 260 g/mol. The predicted molar refractivity (Wildman–Crippen MR) is 75.6 cm³/mol. The lowest BCUT2D eigenvalue weighted by Gasteiger charge is -2.05. The van der Waals surface area contributed by atoms with Crippen molar-refractivity contribution in [2.24, 2.45) is 0 Å². The van der Waals surface area contributed by atoms with Crippen LogP contribution >= 0.6 is 0 Å². The Balaban J connectivity index is 2.12. The number of sulfone groups is 1. The molecule has 0 aliphatic rings. The molecule has 1 aromatic carbocycles. The van der Waals surface area contributed by atoms with E-state index in [9.17, 15) is 8.42 Å². The number of nitriles is 1. The summed E-state index contributed by atoms with van der Waals surface area (Å²) in [7, 11) is -2.89. The number of benzene rings is 1. The third kappa shape index (κ3) is 3.15. The lowest BCUT2D eigenvalue weighted by atomic mass is 10.2. The first-order valence-electron chi connectivity index (χ1n) is 6.25. The van der Waals surface area contributed by atoms with Gasteiger partial charge in [-0.2, -0.15) is 5.26 Å². The van der Waals surface area contributed by atoms with Crippen LogP contribution in [-0.4, -0.2) is 24.5 Å². The minimum absolute atomic E-state index is 0.199. The fraction of sp³-hybridized carbons (Fsp3) is 0.357. The fourth-order valence-corrected chi connectivity index (χ4v) is 2.92. The maximum Gasteiger partial charge on any atom is 0.150 e.